The van der Waals surface area contributed by atoms with Crippen molar-refractivity contribution in [3.05, 3.63) is 33.8 Å². The number of aryl methyl sites for hydroxylation is 1. The van der Waals surface area contributed by atoms with E-state index < -0.39 is 18.6 Å². The molecule has 1 saturated heterocycles. The Kier molecular flexibility index (Phi) is 6.97. The fraction of sp³-hybridized carbons (Fsp3) is 0.571. The third-order valence-electron chi connectivity index (χ3n) is 3.53. The van der Waals surface area contributed by atoms with E-state index in [1.165, 1.54) is 0 Å². The summed E-state index contributed by atoms with van der Waals surface area (Å²) in [6.45, 7) is 4.68. The number of nitrogens with one attached hydrogen (secondary N) is 1. The van der Waals surface area contributed by atoms with Crippen molar-refractivity contribution >= 4 is 28.3 Å². The van der Waals surface area contributed by atoms with E-state index in [1.54, 1.807) is 6.07 Å². The van der Waals surface area contributed by atoms with Crippen molar-refractivity contribution in [3.63, 3.8) is 0 Å². The standard InChI is InChI=1S/C14H18BrF3N2.ClH/c1-10-2-3-11(12(15)8-10)13(9-14(16,17)18)20-6-4-19-5-7-20;/h2-3,8,13,19H,4-7,9H2,1H3;1H/t13-;/m0./s1. The second kappa shape index (κ2) is 7.81. The van der Waals surface area contributed by atoms with Crippen LogP contribution in [0.3, 0.4) is 0 Å². The van der Waals surface area contributed by atoms with E-state index in [0.29, 0.717) is 13.1 Å². The van der Waals surface area contributed by atoms with Crippen LogP contribution in [0.25, 0.3) is 0 Å². The van der Waals surface area contributed by atoms with Gasteiger partial charge >= 0.3 is 6.18 Å². The van der Waals surface area contributed by atoms with Gasteiger partial charge in [-0.3, -0.25) is 4.90 Å². The lowest BCUT2D eigenvalue weighted by Gasteiger charge is -2.36. The van der Waals surface area contributed by atoms with Crippen LogP contribution in [0, 0.1) is 6.92 Å². The summed E-state index contributed by atoms with van der Waals surface area (Å²) in [7, 11) is 0. The van der Waals surface area contributed by atoms with Crippen molar-refractivity contribution < 1.29 is 13.2 Å². The van der Waals surface area contributed by atoms with E-state index in [1.807, 2.05) is 24.0 Å². The number of rotatable bonds is 3. The molecule has 2 nitrogen and oxygen atoms in total. The summed E-state index contributed by atoms with van der Waals surface area (Å²) < 4.78 is 39.5. The molecule has 120 valence electrons. The number of hydrogen-bond donors (Lipinski definition) is 1. The molecule has 1 aromatic carbocycles. The zero-order chi connectivity index (χ0) is 14.8. The van der Waals surface area contributed by atoms with E-state index in [4.69, 9.17) is 0 Å². The van der Waals surface area contributed by atoms with Gasteiger partial charge in [0.15, 0.2) is 0 Å². The highest BCUT2D eigenvalue weighted by Crippen LogP contribution is 2.37. The lowest BCUT2D eigenvalue weighted by Crippen LogP contribution is -2.46. The molecule has 1 aliphatic heterocycles. The predicted molar refractivity (Wildman–Crippen MR) is 84.0 cm³/mol. The van der Waals surface area contributed by atoms with Gasteiger partial charge in [-0.05, 0) is 24.1 Å². The van der Waals surface area contributed by atoms with Gasteiger partial charge < -0.3 is 5.32 Å². The average Bonchev–Trinajstić information content (AvgIpc) is 2.36. The molecule has 1 atom stereocenters. The molecule has 2 rings (SSSR count). The van der Waals surface area contributed by atoms with Crippen molar-refractivity contribution in [2.24, 2.45) is 0 Å². The van der Waals surface area contributed by atoms with Gasteiger partial charge in [0.25, 0.3) is 0 Å². The molecule has 0 radical (unpaired) electrons. The number of hydrogen-bond acceptors (Lipinski definition) is 2. The Hall–Kier alpha value is -0.300. The van der Waals surface area contributed by atoms with Crippen LogP contribution >= 0.6 is 28.3 Å². The van der Waals surface area contributed by atoms with Crippen LogP contribution in [0.5, 0.6) is 0 Å². The Morgan fingerprint density at radius 2 is 1.90 bits per heavy atom. The topological polar surface area (TPSA) is 15.3 Å². The minimum absolute atomic E-state index is 0. The van der Waals surface area contributed by atoms with Gasteiger partial charge in [-0.2, -0.15) is 13.2 Å². The van der Waals surface area contributed by atoms with E-state index in [2.05, 4.69) is 21.2 Å². The van der Waals surface area contributed by atoms with E-state index in [0.717, 1.165) is 28.7 Å². The fourth-order valence-electron chi connectivity index (χ4n) is 2.55. The van der Waals surface area contributed by atoms with Crippen molar-refractivity contribution in [1.82, 2.24) is 10.2 Å². The smallest absolute Gasteiger partial charge is 0.314 e. The summed E-state index contributed by atoms with van der Waals surface area (Å²) in [4.78, 5) is 1.92. The summed E-state index contributed by atoms with van der Waals surface area (Å²) in [5.41, 5.74) is 1.75. The summed E-state index contributed by atoms with van der Waals surface area (Å²) >= 11 is 3.41. The van der Waals surface area contributed by atoms with Gasteiger partial charge in [0.1, 0.15) is 0 Å². The summed E-state index contributed by atoms with van der Waals surface area (Å²) in [6, 6.07) is 4.93. The summed E-state index contributed by atoms with van der Waals surface area (Å²) in [5, 5.41) is 3.17. The van der Waals surface area contributed by atoms with Gasteiger partial charge in [0.05, 0.1) is 6.42 Å². The SMILES string of the molecule is Cc1ccc([C@H](CC(F)(F)F)N2CCNCC2)c(Br)c1.Cl. The van der Waals surface area contributed by atoms with Crippen LogP contribution in [-0.4, -0.2) is 37.3 Å². The van der Waals surface area contributed by atoms with Crippen LogP contribution in [0.15, 0.2) is 22.7 Å². The van der Waals surface area contributed by atoms with Crippen LogP contribution in [0.1, 0.15) is 23.6 Å². The minimum atomic E-state index is -4.17. The van der Waals surface area contributed by atoms with Crippen molar-refractivity contribution in [2.75, 3.05) is 26.2 Å². The highest BCUT2D eigenvalue weighted by Gasteiger charge is 2.36. The third-order valence-corrected chi connectivity index (χ3v) is 4.22. The second-order valence-corrected chi connectivity index (χ2v) is 6.00. The zero-order valence-electron chi connectivity index (χ0n) is 11.7. The monoisotopic (exact) mass is 386 g/mol. The van der Waals surface area contributed by atoms with E-state index >= 15 is 0 Å². The maximum absolute atomic E-state index is 12.9. The normalized spacial score (nSPS) is 18.1. The molecule has 1 heterocycles. The Morgan fingerprint density at radius 3 is 2.43 bits per heavy atom. The molecule has 0 amide bonds. The Bertz CT molecular complexity index is 462. The molecule has 0 aromatic heterocycles. The first-order valence-electron chi connectivity index (χ1n) is 6.64. The quantitative estimate of drug-likeness (QED) is 0.841. The van der Waals surface area contributed by atoms with Crippen molar-refractivity contribution in [2.45, 2.75) is 25.6 Å². The predicted octanol–water partition coefficient (Wildman–Crippen LogP) is 4.08. The molecule has 1 fully saturated rings. The Labute approximate surface area is 137 Å². The number of halogens is 5. The third kappa shape index (κ3) is 5.43. The number of alkyl halides is 3. The average molecular weight is 388 g/mol. The maximum Gasteiger partial charge on any atom is 0.390 e. The lowest BCUT2D eigenvalue weighted by molar-refractivity contribution is -0.148. The molecule has 1 aromatic rings. The van der Waals surface area contributed by atoms with Crippen LogP contribution in [0.4, 0.5) is 13.2 Å². The largest absolute Gasteiger partial charge is 0.390 e. The number of piperazine rings is 1. The van der Waals surface area contributed by atoms with Crippen molar-refractivity contribution in [3.8, 4) is 0 Å². The lowest BCUT2D eigenvalue weighted by atomic mass is 9.99. The molecule has 7 heteroatoms. The van der Waals surface area contributed by atoms with Crippen molar-refractivity contribution in [1.29, 1.82) is 0 Å². The first-order chi connectivity index (χ1) is 9.37. The van der Waals surface area contributed by atoms with Gasteiger partial charge in [-0.15, -0.1) is 12.4 Å². The van der Waals surface area contributed by atoms with Crippen LogP contribution in [-0.2, 0) is 0 Å². The molecular weight excluding hydrogens is 369 g/mol. The Balaban J connectivity index is 0.00000220. The van der Waals surface area contributed by atoms with Gasteiger partial charge in [0, 0.05) is 36.7 Å². The molecule has 0 unspecified atom stereocenters. The van der Waals surface area contributed by atoms with Crippen LogP contribution in [0.2, 0.25) is 0 Å². The summed E-state index contributed by atoms with van der Waals surface area (Å²) in [5.74, 6) is 0. The molecular formula is C14H19BrClF3N2. The van der Waals surface area contributed by atoms with Gasteiger partial charge in [-0.1, -0.05) is 28.1 Å². The molecule has 0 aliphatic carbocycles. The number of nitrogens with zero attached hydrogens (tertiary/aromatic N) is 1. The van der Waals surface area contributed by atoms with E-state index in [-0.39, 0.29) is 12.4 Å². The highest BCUT2D eigenvalue weighted by atomic mass is 79.9. The molecule has 0 saturated carbocycles. The molecule has 0 spiro atoms. The first-order valence-corrected chi connectivity index (χ1v) is 7.44. The van der Waals surface area contributed by atoms with E-state index in [9.17, 15) is 13.2 Å². The van der Waals surface area contributed by atoms with Crippen LogP contribution < -0.4 is 5.32 Å². The zero-order valence-corrected chi connectivity index (χ0v) is 14.1. The van der Waals surface area contributed by atoms with Gasteiger partial charge in [0.2, 0.25) is 0 Å². The molecule has 0 bridgehead atoms. The minimum Gasteiger partial charge on any atom is -0.314 e. The van der Waals surface area contributed by atoms with Gasteiger partial charge in [-0.25, -0.2) is 0 Å². The molecule has 21 heavy (non-hydrogen) atoms. The highest BCUT2D eigenvalue weighted by molar-refractivity contribution is 9.10. The second-order valence-electron chi connectivity index (χ2n) is 5.15. The molecule has 1 N–H and O–H groups in total. The Morgan fingerprint density at radius 1 is 1.29 bits per heavy atom. The summed E-state index contributed by atoms with van der Waals surface area (Å²) in [6.07, 6.45) is -4.98. The molecule has 1 aliphatic rings. The maximum atomic E-state index is 12.9. The fourth-order valence-corrected chi connectivity index (χ4v) is 3.31. The number of benzene rings is 1. The first kappa shape index (κ1) is 18.7.